The van der Waals surface area contributed by atoms with Gasteiger partial charge in [0.2, 0.25) is 21.8 Å². The Morgan fingerprint density at radius 3 is 2.42 bits per heavy atom. The van der Waals surface area contributed by atoms with E-state index in [0.29, 0.717) is 42.4 Å². The van der Waals surface area contributed by atoms with Gasteiger partial charge in [-0.2, -0.15) is 4.98 Å². The molecule has 2 aromatic rings. The minimum absolute atomic E-state index is 0.00416. The fourth-order valence-electron chi connectivity index (χ4n) is 2.10. The van der Waals surface area contributed by atoms with Crippen molar-refractivity contribution in [3.8, 4) is 0 Å². The van der Waals surface area contributed by atoms with E-state index < -0.39 is 10.0 Å². The molecule has 2 rings (SSSR count). The Bertz CT molecular complexity index is 829. The first-order valence-electron chi connectivity index (χ1n) is 8.52. The summed E-state index contributed by atoms with van der Waals surface area (Å²) in [5.41, 5.74) is 1.07. The number of benzene rings is 1. The molecule has 0 saturated heterocycles. The van der Waals surface area contributed by atoms with Gasteiger partial charge in [-0.25, -0.2) is 8.42 Å². The van der Waals surface area contributed by atoms with Crippen LogP contribution in [0.4, 0.5) is 11.4 Å². The van der Waals surface area contributed by atoms with Gasteiger partial charge < -0.3 is 9.84 Å². The van der Waals surface area contributed by atoms with Crippen molar-refractivity contribution < 1.29 is 17.7 Å². The molecule has 0 aliphatic rings. The van der Waals surface area contributed by atoms with Crippen molar-refractivity contribution in [2.75, 3.05) is 15.8 Å². The molecule has 26 heavy (non-hydrogen) atoms. The van der Waals surface area contributed by atoms with Crippen molar-refractivity contribution in [1.29, 1.82) is 0 Å². The molecule has 0 atom stereocenters. The molecule has 1 amide bonds. The lowest BCUT2D eigenvalue weighted by Gasteiger charge is -2.08. The molecule has 0 unspecified atom stereocenters. The molecule has 2 N–H and O–H groups in total. The Morgan fingerprint density at radius 2 is 1.85 bits per heavy atom. The van der Waals surface area contributed by atoms with Crippen LogP contribution in [0.25, 0.3) is 0 Å². The van der Waals surface area contributed by atoms with E-state index in [4.69, 9.17) is 4.52 Å². The molecule has 9 heteroatoms. The third-order valence-corrected chi connectivity index (χ3v) is 4.92. The fraction of sp³-hybridized carbons (Fsp3) is 0.471. The molecular formula is C17H24N4O4S. The highest BCUT2D eigenvalue weighted by atomic mass is 32.2. The van der Waals surface area contributed by atoms with E-state index in [1.54, 1.807) is 31.2 Å². The third-order valence-electron chi connectivity index (χ3n) is 3.62. The number of sulfonamides is 1. The summed E-state index contributed by atoms with van der Waals surface area (Å²) in [5, 5.41) is 6.66. The Kier molecular flexibility index (Phi) is 6.73. The van der Waals surface area contributed by atoms with Crippen LogP contribution in [0.1, 0.15) is 51.2 Å². The largest absolute Gasteiger partial charge is 0.339 e. The molecule has 0 bridgehead atoms. The van der Waals surface area contributed by atoms with Crippen molar-refractivity contribution in [3.63, 3.8) is 0 Å². The van der Waals surface area contributed by atoms with Crippen LogP contribution in [0.2, 0.25) is 0 Å². The standard InChI is InChI=1S/C17H24N4O4S/c1-4-26(23,24)21-14-10-8-13(9-11-14)18-15(22)6-5-7-16-19-17(12(2)3)20-25-16/h8-12,21H,4-7H2,1-3H3,(H,18,22). The van der Waals surface area contributed by atoms with Gasteiger partial charge in [-0.15, -0.1) is 0 Å². The first kappa shape index (κ1) is 19.9. The van der Waals surface area contributed by atoms with Crippen LogP contribution in [-0.2, 0) is 21.2 Å². The Morgan fingerprint density at radius 1 is 1.19 bits per heavy atom. The lowest BCUT2D eigenvalue weighted by atomic mass is 10.2. The molecule has 0 aliphatic carbocycles. The Hall–Kier alpha value is -2.42. The molecule has 1 heterocycles. The zero-order valence-corrected chi connectivity index (χ0v) is 16.0. The van der Waals surface area contributed by atoms with Crippen molar-refractivity contribution in [2.45, 2.75) is 46.0 Å². The normalized spacial score (nSPS) is 11.5. The van der Waals surface area contributed by atoms with Crippen LogP contribution >= 0.6 is 0 Å². The predicted octanol–water partition coefficient (Wildman–Crippen LogP) is 2.92. The second-order valence-electron chi connectivity index (χ2n) is 6.19. The van der Waals surface area contributed by atoms with E-state index in [2.05, 4.69) is 20.2 Å². The molecule has 1 aromatic carbocycles. The van der Waals surface area contributed by atoms with Crippen LogP contribution < -0.4 is 10.0 Å². The summed E-state index contributed by atoms with van der Waals surface area (Å²) in [6, 6.07) is 6.51. The maximum absolute atomic E-state index is 12.0. The molecule has 1 aromatic heterocycles. The van der Waals surface area contributed by atoms with Crippen molar-refractivity contribution in [1.82, 2.24) is 10.1 Å². The second-order valence-corrected chi connectivity index (χ2v) is 8.20. The second kappa shape index (κ2) is 8.79. The number of hydrogen-bond acceptors (Lipinski definition) is 6. The van der Waals surface area contributed by atoms with Gasteiger partial charge in [0.1, 0.15) is 0 Å². The van der Waals surface area contributed by atoms with E-state index in [9.17, 15) is 13.2 Å². The topological polar surface area (TPSA) is 114 Å². The van der Waals surface area contributed by atoms with Gasteiger partial charge in [-0.05, 0) is 37.6 Å². The maximum atomic E-state index is 12.0. The molecule has 0 fully saturated rings. The number of amides is 1. The summed E-state index contributed by atoms with van der Waals surface area (Å²) >= 11 is 0. The monoisotopic (exact) mass is 380 g/mol. The molecule has 0 saturated carbocycles. The van der Waals surface area contributed by atoms with Crippen LogP contribution in [0, 0.1) is 0 Å². The first-order valence-corrected chi connectivity index (χ1v) is 10.2. The number of carbonyl (C=O) groups is 1. The molecular weight excluding hydrogens is 356 g/mol. The highest BCUT2D eigenvalue weighted by molar-refractivity contribution is 7.92. The smallest absolute Gasteiger partial charge is 0.232 e. The van der Waals surface area contributed by atoms with Crippen molar-refractivity contribution >= 4 is 27.3 Å². The summed E-state index contributed by atoms with van der Waals surface area (Å²) in [7, 11) is -3.31. The van der Waals surface area contributed by atoms with Gasteiger partial charge in [0.25, 0.3) is 0 Å². The summed E-state index contributed by atoms with van der Waals surface area (Å²) in [5.74, 6) is 1.29. The van der Waals surface area contributed by atoms with E-state index in [1.807, 2.05) is 13.8 Å². The molecule has 142 valence electrons. The minimum atomic E-state index is -3.31. The Balaban J connectivity index is 1.78. The lowest BCUT2D eigenvalue weighted by molar-refractivity contribution is -0.116. The summed E-state index contributed by atoms with van der Waals surface area (Å²) in [6.45, 7) is 5.54. The van der Waals surface area contributed by atoms with Crippen LogP contribution in [0.3, 0.4) is 0 Å². The van der Waals surface area contributed by atoms with Gasteiger partial charge in [0, 0.05) is 30.1 Å². The van der Waals surface area contributed by atoms with Crippen LogP contribution in [-0.4, -0.2) is 30.2 Å². The van der Waals surface area contributed by atoms with E-state index in [1.165, 1.54) is 0 Å². The van der Waals surface area contributed by atoms with E-state index >= 15 is 0 Å². The first-order chi connectivity index (χ1) is 12.3. The zero-order valence-electron chi connectivity index (χ0n) is 15.2. The molecule has 0 spiro atoms. The highest BCUT2D eigenvalue weighted by Gasteiger charge is 2.11. The number of carbonyl (C=O) groups excluding carboxylic acids is 1. The SMILES string of the molecule is CCS(=O)(=O)Nc1ccc(NC(=O)CCCc2nc(C(C)C)no2)cc1. The van der Waals surface area contributed by atoms with Gasteiger partial charge in [-0.1, -0.05) is 19.0 Å². The number of rotatable bonds is 9. The predicted molar refractivity (Wildman–Crippen MR) is 99.5 cm³/mol. The van der Waals surface area contributed by atoms with Crippen molar-refractivity contribution in [3.05, 3.63) is 36.0 Å². The molecule has 0 aliphatic heterocycles. The fourth-order valence-corrected chi connectivity index (χ4v) is 2.74. The summed E-state index contributed by atoms with van der Waals surface area (Å²) < 4.78 is 30.6. The number of aryl methyl sites for hydroxylation is 1. The summed E-state index contributed by atoms with van der Waals surface area (Å²) in [6.07, 6.45) is 1.47. The lowest BCUT2D eigenvalue weighted by Crippen LogP contribution is -2.15. The number of nitrogens with zero attached hydrogens (tertiary/aromatic N) is 2. The van der Waals surface area contributed by atoms with E-state index in [-0.39, 0.29) is 17.6 Å². The number of aromatic nitrogens is 2. The summed E-state index contributed by atoms with van der Waals surface area (Å²) in [4.78, 5) is 16.3. The van der Waals surface area contributed by atoms with Crippen LogP contribution in [0.5, 0.6) is 0 Å². The third kappa shape index (κ3) is 6.14. The molecule has 0 radical (unpaired) electrons. The van der Waals surface area contributed by atoms with Gasteiger partial charge >= 0.3 is 0 Å². The number of anilines is 2. The number of nitrogens with one attached hydrogen (secondary N) is 2. The van der Waals surface area contributed by atoms with Gasteiger partial charge in [0.15, 0.2) is 5.82 Å². The zero-order chi connectivity index (χ0) is 19.2. The Labute approximate surface area is 153 Å². The maximum Gasteiger partial charge on any atom is 0.232 e. The van der Waals surface area contributed by atoms with Crippen LogP contribution in [0.15, 0.2) is 28.8 Å². The van der Waals surface area contributed by atoms with E-state index in [0.717, 1.165) is 0 Å². The number of hydrogen-bond donors (Lipinski definition) is 2. The van der Waals surface area contributed by atoms with Gasteiger partial charge in [-0.3, -0.25) is 9.52 Å². The average molecular weight is 380 g/mol. The van der Waals surface area contributed by atoms with Crippen molar-refractivity contribution in [2.24, 2.45) is 0 Å². The highest BCUT2D eigenvalue weighted by Crippen LogP contribution is 2.16. The van der Waals surface area contributed by atoms with Gasteiger partial charge in [0.05, 0.1) is 5.75 Å². The molecule has 8 nitrogen and oxygen atoms in total. The average Bonchev–Trinajstić information content (AvgIpc) is 3.06. The minimum Gasteiger partial charge on any atom is -0.339 e. The quantitative estimate of drug-likeness (QED) is 0.691.